The molecule has 0 aliphatic rings. The summed E-state index contributed by atoms with van der Waals surface area (Å²) in [4.78, 5) is 56.6. The summed E-state index contributed by atoms with van der Waals surface area (Å²) in [5.74, 6) is -2.01. The Morgan fingerprint density at radius 2 is 0.852 bits per heavy atom. The third kappa shape index (κ3) is 11.4. The van der Waals surface area contributed by atoms with Crippen LogP contribution in [0.5, 0.6) is 0 Å². The molecule has 0 bridgehead atoms. The quantitative estimate of drug-likeness (QED) is 0.0786. The smallest absolute Gasteiger partial charge is 0.550 e. The number of hydrogen-bond donors (Lipinski definition) is 0. The average molecular weight is 894 g/mol. The first-order valence-corrected chi connectivity index (χ1v) is 19.6. The topological polar surface area (TPSA) is 183 Å². The van der Waals surface area contributed by atoms with Crippen molar-refractivity contribution >= 4 is 55.8 Å². The summed E-state index contributed by atoms with van der Waals surface area (Å²) < 4.78 is 0. The van der Waals surface area contributed by atoms with Crippen LogP contribution >= 0.6 is 0 Å². The molecule has 0 atom stereocenters. The van der Waals surface area contributed by atoms with E-state index in [1.807, 2.05) is 111 Å². The number of carbonyl (C=O) groups excluding carboxylic acids is 2. The van der Waals surface area contributed by atoms with Crippen molar-refractivity contribution in [3.05, 3.63) is 156 Å². The van der Waals surface area contributed by atoms with Gasteiger partial charge in [0.1, 0.15) is 0 Å². The van der Waals surface area contributed by atoms with Gasteiger partial charge in [0.2, 0.25) is 0 Å². The zero-order chi connectivity index (χ0) is 41.8. The molecule has 0 fully saturated rings. The monoisotopic (exact) mass is 894 g/mol. The predicted molar refractivity (Wildman–Crippen MR) is 228 cm³/mol. The van der Waals surface area contributed by atoms with Crippen molar-refractivity contribution in [2.45, 2.75) is 52.4 Å². The van der Waals surface area contributed by atoms with Gasteiger partial charge in [0.25, 0.3) is 0 Å². The molecule has 12 nitrogen and oxygen atoms in total. The fourth-order valence-electron chi connectivity index (χ4n) is 6.71. The van der Waals surface area contributed by atoms with Crippen LogP contribution in [0.15, 0.2) is 134 Å². The van der Waals surface area contributed by atoms with Crippen molar-refractivity contribution < 1.29 is 39.3 Å². The van der Waals surface area contributed by atoms with Crippen LogP contribution in [0.25, 0.3) is 66.6 Å². The molecule has 13 heteroatoms. The molecule has 7 aromatic heterocycles. The van der Waals surface area contributed by atoms with Crippen LogP contribution in [0.2, 0.25) is 0 Å². The number of aryl methyl sites for hydroxylation is 4. The maximum atomic E-state index is 10.4. The minimum atomic E-state index is -1.00. The number of aliphatic carboxylic acids is 2. The number of carbonyl (C=O) groups is 2. The van der Waals surface area contributed by atoms with E-state index < -0.39 is 11.9 Å². The normalized spacial score (nSPS) is 10.7. The van der Waals surface area contributed by atoms with Gasteiger partial charge in [0.15, 0.2) is 0 Å². The van der Waals surface area contributed by atoms with Crippen molar-refractivity contribution in [3.63, 3.8) is 0 Å². The molecule has 0 aliphatic carbocycles. The third-order valence-electron chi connectivity index (χ3n) is 9.62. The summed E-state index contributed by atoms with van der Waals surface area (Å²) >= 11 is 0. The summed E-state index contributed by atoms with van der Waals surface area (Å²) in [7, 11) is 0. The van der Waals surface area contributed by atoms with E-state index in [1.165, 1.54) is 0 Å². The number of rotatable bonds is 10. The molecule has 0 saturated carbocycles. The second-order valence-electron chi connectivity index (χ2n) is 14.2. The molecule has 2 aromatic carbocycles. The number of hydrogen-bond acceptors (Lipinski definition) is 12. The first-order chi connectivity index (χ1) is 29.2. The molecule has 0 N–H and O–H groups in total. The van der Waals surface area contributed by atoms with E-state index in [1.54, 1.807) is 37.2 Å². The molecule has 9 rings (SSSR count). The summed E-state index contributed by atoms with van der Waals surface area (Å²) in [5.41, 5.74) is 13.0. The number of carboxylic acids is 2. The van der Waals surface area contributed by atoms with E-state index in [-0.39, 0.29) is 32.3 Å². The van der Waals surface area contributed by atoms with Crippen LogP contribution in [-0.2, 0) is 41.9 Å². The second kappa shape index (κ2) is 20.8. The molecule has 7 heterocycles. The average Bonchev–Trinajstić information content (AvgIpc) is 3.26. The summed E-state index contributed by atoms with van der Waals surface area (Å²) in [5, 5.41) is 22.7. The Balaban J connectivity index is 0.000000153. The number of pyridine rings is 6. The van der Waals surface area contributed by atoms with Gasteiger partial charge in [-0.15, -0.1) is 0 Å². The fraction of sp³-hybridized carbons (Fsp3) is 0.167. The van der Waals surface area contributed by atoms with Crippen LogP contribution < -0.4 is 10.2 Å². The fourth-order valence-corrected chi connectivity index (χ4v) is 6.71. The van der Waals surface area contributed by atoms with Crippen molar-refractivity contribution in [3.8, 4) is 22.8 Å². The third-order valence-corrected chi connectivity index (χ3v) is 9.62. The summed E-state index contributed by atoms with van der Waals surface area (Å²) in [6, 6.07) is 31.4. The maximum Gasteiger partial charge on any atom is 2.00 e. The Hall–Kier alpha value is -6.98. The van der Waals surface area contributed by atoms with Gasteiger partial charge in [-0.25, -0.2) is 9.97 Å². The summed E-state index contributed by atoms with van der Waals surface area (Å²) in [6.07, 6.45) is 13.3. The number of benzene rings is 2. The van der Waals surface area contributed by atoms with E-state index in [4.69, 9.17) is 9.97 Å². The number of nitrogens with zero attached hydrogens (tertiary/aromatic N) is 8. The number of fused-ring (bicyclic) bond motifs is 7. The summed E-state index contributed by atoms with van der Waals surface area (Å²) in [6.45, 7) is 4.02. The molecule has 0 aliphatic heterocycles. The molecule has 0 spiro atoms. The van der Waals surface area contributed by atoms with Gasteiger partial charge in [-0.1, -0.05) is 12.1 Å². The SMILES string of the molecule is Cc1ccnc(-c2cc(CCCC(=O)[O-])ccn2)c1.Cc1ccnc(-c2cc(CCCC(=O)[O-])ccn2)c1.[Ru+2].c1ccc2nc3c4cccnc4c4ncccc4c3nc2c1. The molecule has 0 saturated heterocycles. The van der Waals surface area contributed by atoms with Gasteiger partial charge in [-0.2, -0.15) is 0 Å². The first-order valence-electron chi connectivity index (χ1n) is 19.6. The van der Waals surface area contributed by atoms with Gasteiger partial charge < -0.3 is 19.8 Å². The zero-order valence-corrected chi connectivity index (χ0v) is 35.2. The van der Waals surface area contributed by atoms with E-state index in [0.29, 0.717) is 25.7 Å². The number of carboxylic acid groups (broad SMARTS) is 2. The van der Waals surface area contributed by atoms with Crippen LogP contribution in [0.3, 0.4) is 0 Å². The Labute approximate surface area is 365 Å². The molecular formula is C48H40N8O4Ru. The van der Waals surface area contributed by atoms with Crippen molar-refractivity contribution in [1.29, 1.82) is 0 Å². The van der Waals surface area contributed by atoms with E-state index in [9.17, 15) is 19.8 Å². The van der Waals surface area contributed by atoms with Crippen molar-refractivity contribution in [2.75, 3.05) is 0 Å². The molecule has 0 amide bonds. The molecule has 304 valence electrons. The van der Waals surface area contributed by atoms with Gasteiger partial charge >= 0.3 is 19.5 Å². The van der Waals surface area contributed by atoms with Gasteiger partial charge in [0.05, 0.1) is 55.9 Å². The van der Waals surface area contributed by atoms with E-state index in [2.05, 4.69) is 29.9 Å². The molecule has 61 heavy (non-hydrogen) atoms. The number of para-hydroxylation sites is 2. The van der Waals surface area contributed by atoms with Crippen molar-refractivity contribution in [2.24, 2.45) is 0 Å². The van der Waals surface area contributed by atoms with Gasteiger partial charge in [0, 0.05) is 59.9 Å². The predicted octanol–water partition coefficient (Wildman–Crippen LogP) is 6.93. The molecule has 0 radical (unpaired) electrons. The minimum Gasteiger partial charge on any atom is -0.550 e. The molecular weight excluding hydrogens is 854 g/mol. The van der Waals surface area contributed by atoms with Crippen LogP contribution in [0.4, 0.5) is 0 Å². The van der Waals surface area contributed by atoms with E-state index in [0.717, 1.165) is 88.9 Å². The number of aromatic nitrogens is 8. The van der Waals surface area contributed by atoms with Crippen LogP contribution in [0.1, 0.15) is 47.9 Å². The van der Waals surface area contributed by atoms with Gasteiger partial charge in [-0.05, 0) is 160 Å². The zero-order valence-electron chi connectivity index (χ0n) is 33.5. The maximum absolute atomic E-state index is 10.4. The largest absolute Gasteiger partial charge is 2.00 e. The minimum absolute atomic E-state index is 0. The van der Waals surface area contributed by atoms with Gasteiger partial charge in [-0.3, -0.25) is 29.9 Å². The molecule has 0 unspecified atom stereocenters. The van der Waals surface area contributed by atoms with Crippen LogP contribution in [0, 0.1) is 13.8 Å². The van der Waals surface area contributed by atoms with Crippen LogP contribution in [-0.4, -0.2) is 51.8 Å². The van der Waals surface area contributed by atoms with Crippen molar-refractivity contribution in [1.82, 2.24) is 39.9 Å². The molecule has 9 aromatic rings. The van der Waals surface area contributed by atoms with E-state index >= 15 is 0 Å². The first kappa shape index (κ1) is 43.6. The standard InChI is InChI=1S/C18H10N4.2C15H16N2O2.Ru/c1-2-8-14-13(7-1)21-17-11-5-3-9-19-15(11)16-12(18(17)22-14)6-4-10-20-16;2*1-11-5-7-16-13(9-11)14-10-12(6-8-17-14)3-2-4-15(18)19;/h1-10H;2*5-10H,2-4H2,1H3,(H,18,19);/q;;;+2/p-2. The Bertz CT molecular complexity index is 2770. The Kier molecular flexibility index (Phi) is 14.9. The Morgan fingerprint density at radius 3 is 1.25 bits per heavy atom. The Morgan fingerprint density at radius 1 is 0.459 bits per heavy atom. The second-order valence-corrected chi connectivity index (χ2v) is 14.2.